The molecule has 0 radical (unpaired) electrons. The number of pyridine rings is 1. The van der Waals surface area contributed by atoms with Crippen LogP contribution in [0.4, 0.5) is 10.1 Å². The van der Waals surface area contributed by atoms with Crippen LogP contribution < -0.4 is 5.32 Å². The molecule has 1 N–H and O–H groups in total. The van der Waals surface area contributed by atoms with Gasteiger partial charge in [-0.05, 0) is 61.4 Å². The zero-order valence-electron chi connectivity index (χ0n) is 15.6. The molecule has 1 aromatic heterocycles. The molecule has 2 heterocycles. The molecule has 6 nitrogen and oxygen atoms in total. The maximum Gasteiger partial charge on any atom is 0.243 e. The van der Waals surface area contributed by atoms with Gasteiger partial charge in [0, 0.05) is 30.6 Å². The van der Waals surface area contributed by atoms with Crippen molar-refractivity contribution in [2.75, 3.05) is 18.4 Å². The minimum absolute atomic E-state index is 0.0602. The van der Waals surface area contributed by atoms with Crippen molar-refractivity contribution in [2.24, 2.45) is 5.92 Å². The molecule has 0 saturated carbocycles. The fraction of sp³-hybridized carbons (Fsp3) is 0.238. The number of rotatable bonds is 4. The van der Waals surface area contributed by atoms with Crippen molar-refractivity contribution in [3.05, 3.63) is 66.6 Å². The van der Waals surface area contributed by atoms with Gasteiger partial charge < -0.3 is 5.32 Å². The number of carbonyl (C=O) groups excluding carboxylic acids is 1. The third kappa shape index (κ3) is 3.99. The quantitative estimate of drug-likeness (QED) is 0.711. The number of benzene rings is 2. The number of amides is 1. The zero-order valence-corrected chi connectivity index (χ0v) is 16.4. The number of aromatic nitrogens is 1. The average molecular weight is 413 g/mol. The Balaban J connectivity index is 1.43. The Hall–Kier alpha value is -2.84. The van der Waals surface area contributed by atoms with E-state index in [-0.39, 0.29) is 29.8 Å². The monoisotopic (exact) mass is 413 g/mol. The highest BCUT2D eigenvalue weighted by Gasteiger charge is 2.32. The summed E-state index contributed by atoms with van der Waals surface area (Å²) in [4.78, 5) is 17.1. The van der Waals surface area contributed by atoms with E-state index in [1.165, 1.54) is 16.4 Å². The second kappa shape index (κ2) is 7.88. The van der Waals surface area contributed by atoms with Crippen molar-refractivity contribution in [3.8, 4) is 0 Å². The van der Waals surface area contributed by atoms with Gasteiger partial charge in [-0.3, -0.25) is 9.78 Å². The first-order valence-electron chi connectivity index (χ1n) is 9.35. The van der Waals surface area contributed by atoms with Gasteiger partial charge in [-0.25, -0.2) is 12.8 Å². The van der Waals surface area contributed by atoms with Gasteiger partial charge in [-0.2, -0.15) is 4.31 Å². The van der Waals surface area contributed by atoms with E-state index in [2.05, 4.69) is 10.3 Å². The van der Waals surface area contributed by atoms with E-state index in [4.69, 9.17) is 0 Å². The normalized spacial score (nSPS) is 16.0. The molecule has 1 aliphatic heterocycles. The second-order valence-corrected chi connectivity index (χ2v) is 8.94. The Labute approximate surface area is 168 Å². The first-order chi connectivity index (χ1) is 13.9. The molecular weight excluding hydrogens is 393 g/mol. The molecule has 29 heavy (non-hydrogen) atoms. The van der Waals surface area contributed by atoms with Crippen LogP contribution in [0.1, 0.15) is 12.8 Å². The van der Waals surface area contributed by atoms with Crippen molar-refractivity contribution >= 4 is 32.5 Å². The summed E-state index contributed by atoms with van der Waals surface area (Å²) in [6.07, 6.45) is 2.55. The lowest BCUT2D eigenvalue weighted by Gasteiger charge is -2.30. The second-order valence-electron chi connectivity index (χ2n) is 7.00. The van der Waals surface area contributed by atoms with E-state index in [1.807, 2.05) is 30.3 Å². The van der Waals surface area contributed by atoms with E-state index in [0.717, 1.165) is 23.0 Å². The maximum atomic E-state index is 13.1. The molecule has 150 valence electrons. The highest BCUT2D eigenvalue weighted by molar-refractivity contribution is 7.89. The van der Waals surface area contributed by atoms with Crippen LogP contribution in [-0.4, -0.2) is 36.7 Å². The molecule has 0 unspecified atom stereocenters. The molecule has 2 aromatic carbocycles. The summed E-state index contributed by atoms with van der Waals surface area (Å²) in [7, 11) is -3.69. The summed E-state index contributed by atoms with van der Waals surface area (Å²) < 4.78 is 39.8. The minimum atomic E-state index is -3.69. The summed E-state index contributed by atoms with van der Waals surface area (Å²) in [6.45, 7) is 0.490. The standard InChI is InChI=1S/C21H20FN3O3S/c22-16-6-8-17(9-7-16)29(27,28)25-13-10-15(11-14-25)21(26)24-20-5-1-4-19-18(20)3-2-12-23-19/h1-9,12,15H,10-11,13-14H2,(H,24,26). The molecule has 3 aromatic rings. The topological polar surface area (TPSA) is 79.4 Å². The highest BCUT2D eigenvalue weighted by atomic mass is 32.2. The minimum Gasteiger partial charge on any atom is -0.325 e. The molecule has 0 atom stereocenters. The molecule has 0 aliphatic carbocycles. The van der Waals surface area contributed by atoms with E-state index in [1.54, 1.807) is 6.20 Å². The summed E-state index contributed by atoms with van der Waals surface area (Å²) in [5.74, 6) is -0.884. The molecule has 0 spiro atoms. The molecule has 1 aliphatic rings. The molecule has 1 fully saturated rings. The van der Waals surface area contributed by atoms with E-state index >= 15 is 0 Å². The van der Waals surface area contributed by atoms with Gasteiger partial charge in [0.1, 0.15) is 5.82 Å². The Kier molecular flexibility index (Phi) is 5.29. The first-order valence-corrected chi connectivity index (χ1v) is 10.8. The van der Waals surface area contributed by atoms with Crippen LogP contribution in [0.15, 0.2) is 65.7 Å². The number of halogens is 1. The summed E-state index contributed by atoms with van der Waals surface area (Å²) >= 11 is 0. The molecule has 0 bridgehead atoms. The number of nitrogens with one attached hydrogen (secondary N) is 1. The Morgan fingerprint density at radius 3 is 2.48 bits per heavy atom. The number of carbonyl (C=O) groups is 1. The summed E-state index contributed by atoms with van der Waals surface area (Å²) in [5.41, 5.74) is 1.49. The Bertz CT molecular complexity index is 1140. The average Bonchev–Trinajstić information content (AvgIpc) is 2.74. The third-order valence-electron chi connectivity index (χ3n) is 5.18. The SMILES string of the molecule is O=C(Nc1cccc2ncccc12)C1CCN(S(=O)(=O)c2ccc(F)cc2)CC1. The van der Waals surface area contributed by atoms with E-state index in [9.17, 15) is 17.6 Å². The molecule has 1 amide bonds. The van der Waals surface area contributed by atoms with Crippen LogP contribution in [-0.2, 0) is 14.8 Å². The number of hydrogen-bond acceptors (Lipinski definition) is 4. The highest BCUT2D eigenvalue weighted by Crippen LogP contribution is 2.27. The lowest BCUT2D eigenvalue weighted by atomic mass is 9.97. The number of hydrogen-bond donors (Lipinski definition) is 1. The van der Waals surface area contributed by atoms with Crippen LogP contribution >= 0.6 is 0 Å². The van der Waals surface area contributed by atoms with E-state index in [0.29, 0.717) is 18.5 Å². The van der Waals surface area contributed by atoms with Crippen LogP contribution in [0.5, 0.6) is 0 Å². The lowest BCUT2D eigenvalue weighted by molar-refractivity contribution is -0.120. The number of sulfonamides is 1. The van der Waals surface area contributed by atoms with Gasteiger partial charge in [0.05, 0.1) is 16.1 Å². The molecule has 1 saturated heterocycles. The fourth-order valence-electron chi connectivity index (χ4n) is 3.56. The summed E-state index contributed by atoms with van der Waals surface area (Å²) in [6, 6.07) is 14.0. The smallest absolute Gasteiger partial charge is 0.243 e. The van der Waals surface area contributed by atoms with Crippen LogP contribution in [0.25, 0.3) is 10.9 Å². The molecule has 8 heteroatoms. The van der Waals surface area contributed by atoms with Crippen molar-refractivity contribution in [3.63, 3.8) is 0 Å². The van der Waals surface area contributed by atoms with Gasteiger partial charge >= 0.3 is 0 Å². The predicted octanol–water partition coefficient (Wildman–Crippen LogP) is 3.41. The van der Waals surface area contributed by atoms with E-state index < -0.39 is 15.8 Å². The van der Waals surface area contributed by atoms with Gasteiger partial charge in [-0.15, -0.1) is 0 Å². The van der Waals surface area contributed by atoms with Crippen LogP contribution in [0.2, 0.25) is 0 Å². The van der Waals surface area contributed by atoms with Gasteiger partial charge in [0.2, 0.25) is 15.9 Å². The number of piperidine rings is 1. The van der Waals surface area contributed by atoms with Crippen molar-refractivity contribution in [2.45, 2.75) is 17.7 Å². The fourth-order valence-corrected chi connectivity index (χ4v) is 5.03. The number of anilines is 1. The van der Waals surface area contributed by atoms with Crippen molar-refractivity contribution < 1.29 is 17.6 Å². The predicted molar refractivity (Wildman–Crippen MR) is 108 cm³/mol. The molecule has 4 rings (SSSR count). The van der Waals surface area contributed by atoms with Gasteiger partial charge in [-0.1, -0.05) is 6.07 Å². The number of fused-ring (bicyclic) bond motifs is 1. The number of nitrogens with zero attached hydrogens (tertiary/aromatic N) is 2. The van der Waals surface area contributed by atoms with Gasteiger partial charge in [0.15, 0.2) is 0 Å². The molecular formula is C21H20FN3O3S. The third-order valence-corrected chi connectivity index (χ3v) is 7.09. The maximum absolute atomic E-state index is 13.1. The van der Waals surface area contributed by atoms with Gasteiger partial charge in [0.25, 0.3) is 0 Å². The van der Waals surface area contributed by atoms with Crippen LogP contribution in [0.3, 0.4) is 0 Å². The lowest BCUT2D eigenvalue weighted by Crippen LogP contribution is -2.41. The Morgan fingerprint density at radius 2 is 1.76 bits per heavy atom. The van der Waals surface area contributed by atoms with Crippen molar-refractivity contribution in [1.29, 1.82) is 0 Å². The van der Waals surface area contributed by atoms with Crippen LogP contribution in [0, 0.1) is 11.7 Å². The summed E-state index contributed by atoms with van der Waals surface area (Å²) in [5, 5.41) is 3.82. The zero-order chi connectivity index (χ0) is 20.4. The largest absolute Gasteiger partial charge is 0.325 e. The first kappa shape index (κ1) is 19.5. The Morgan fingerprint density at radius 1 is 1.03 bits per heavy atom. The van der Waals surface area contributed by atoms with Crippen molar-refractivity contribution in [1.82, 2.24) is 9.29 Å².